The third-order valence-corrected chi connectivity index (χ3v) is 4.34. The molecule has 0 atom stereocenters. The van der Waals surface area contributed by atoms with Crippen LogP contribution < -0.4 is 5.32 Å². The van der Waals surface area contributed by atoms with Gasteiger partial charge in [0.25, 0.3) is 0 Å². The zero-order chi connectivity index (χ0) is 14.5. The highest BCUT2D eigenvalue weighted by atomic mass is 79.9. The predicted octanol–water partition coefficient (Wildman–Crippen LogP) is 3.10. The summed E-state index contributed by atoms with van der Waals surface area (Å²) in [6.45, 7) is 2.80. The van der Waals surface area contributed by atoms with Gasteiger partial charge in [-0.15, -0.1) is 0 Å². The molecular formula is C15H19BrN2O2. The Morgan fingerprint density at radius 3 is 2.90 bits per heavy atom. The molecule has 0 aliphatic carbocycles. The van der Waals surface area contributed by atoms with E-state index in [-0.39, 0.29) is 18.4 Å². The number of aryl methyl sites for hydroxylation is 1. The van der Waals surface area contributed by atoms with Gasteiger partial charge in [-0.05, 0) is 43.5 Å². The van der Waals surface area contributed by atoms with Crippen molar-refractivity contribution in [3.05, 3.63) is 28.2 Å². The fraction of sp³-hybridized carbons (Fsp3) is 0.467. The van der Waals surface area contributed by atoms with E-state index in [0.29, 0.717) is 13.0 Å². The maximum absolute atomic E-state index is 12.0. The van der Waals surface area contributed by atoms with Crippen LogP contribution in [0.4, 0.5) is 5.69 Å². The van der Waals surface area contributed by atoms with Crippen molar-refractivity contribution in [2.24, 2.45) is 0 Å². The summed E-state index contributed by atoms with van der Waals surface area (Å²) in [5.74, 6) is -0.0494. The third-order valence-electron chi connectivity index (χ3n) is 3.45. The monoisotopic (exact) mass is 338 g/mol. The highest BCUT2D eigenvalue weighted by molar-refractivity contribution is 9.10. The smallest absolute Gasteiger partial charge is 0.243 e. The minimum Gasteiger partial charge on any atom is -0.333 e. The Balaban J connectivity index is 1.94. The summed E-state index contributed by atoms with van der Waals surface area (Å²) < 4.78 is 1.01. The Morgan fingerprint density at radius 2 is 2.15 bits per heavy atom. The zero-order valence-electron chi connectivity index (χ0n) is 11.6. The van der Waals surface area contributed by atoms with E-state index in [1.54, 1.807) is 4.90 Å². The van der Waals surface area contributed by atoms with Gasteiger partial charge in [0.1, 0.15) is 0 Å². The van der Waals surface area contributed by atoms with Crippen LogP contribution in [0.2, 0.25) is 0 Å². The van der Waals surface area contributed by atoms with E-state index in [1.165, 1.54) is 0 Å². The molecule has 1 heterocycles. The molecule has 2 amide bonds. The molecule has 0 radical (unpaired) electrons. The first-order chi connectivity index (χ1) is 9.56. The summed E-state index contributed by atoms with van der Waals surface area (Å²) in [7, 11) is 0. The second-order valence-corrected chi connectivity index (χ2v) is 5.99. The summed E-state index contributed by atoms with van der Waals surface area (Å²) >= 11 is 3.43. The van der Waals surface area contributed by atoms with Crippen LogP contribution in [-0.2, 0) is 9.59 Å². The average molecular weight is 339 g/mol. The highest BCUT2D eigenvalue weighted by Gasteiger charge is 2.19. The molecule has 0 saturated carbocycles. The summed E-state index contributed by atoms with van der Waals surface area (Å²) in [5.41, 5.74) is 1.83. The average Bonchev–Trinajstić information content (AvgIpc) is 2.59. The van der Waals surface area contributed by atoms with Gasteiger partial charge in [-0.1, -0.05) is 22.4 Å². The molecule has 5 heteroatoms. The maximum atomic E-state index is 12.0. The van der Waals surface area contributed by atoms with Crippen molar-refractivity contribution in [1.29, 1.82) is 0 Å². The van der Waals surface area contributed by atoms with Gasteiger partial charge in [-0.3, -0.25) is 9.59 Å². The van der Waals surface area contributed by atoms with Gasteiger partial charge in [0.2, 0.25) is 11.8 Å². The van der Waals surface area contributed by atoms with Crippen LogP contribution in [0.25, 0.3) is 0 Å². The number of likely N-dealkylation sites (tertiary alicyclic amines) is 1. The molecular weight excluding hydrogens is 320 g/mol. The zero-order valence-corrected chi connectivity index (χ0v) is 13.2. The van der Waals surface area contributed by atoms with E-state index in [1.807, 2.05) is 25.1 Å². The first-order valence-electron chi connectivity index (χ1n) is 6.90. The quantitative estimate of drug-likeness (QED) is 0.920. The van der Waals surface area contributed by atoms with Crippen molar-refractivity contribution in [2.45, 2.75) is 32.6 Å². The molecule has 1 aromatic carbocycles. The maximum Gasteiger partial charge on any atom is 0.243 e. The lowest BCUT2D eigenvalue weighted by Crippen LogP contribution is -2.37. The molecule has 1 fully saturated rings. The molecule has 20 heavy (non-hydrogen) atoms. The van der Waals surface area contributed by atoms with Crippen molar-refractivity contribution < 1.29 is 9.59 Å². The number of halogens is 1. The van der Waals surface area contributed by atoms with Crippen LogP contribution >= 0.6 is 15.9 Å². The minimum absolute atomic E-state index is 0.0876. The van der Waals surface area contributed by atoms with Crippen LogP contribution in [0.3, 0.4) is 0 Å². The lowest BCUT2D eigenvalue weighted by atomic mass is 10.2. The lowest BCUT2D eigenvalue weighted by molar-refractivity contribution is -0.134. The van der Waals surface area contributed by atoms with E-state index >= 15 is 0 Å². The summed E-state index contributed by atoms with van der Waals surface area (Å²) in [5, 5.41) is 2.84. The number of nitrogens with zero attached hydrogens (tertiary/aromatic N) is 1. The molecule has 0 bridgehead atoms. The van der Waals surface area contributed by atoms with E-state index in [9.17, 15) is 9.59 Å². The molecule has 1 N–H and O–H groups in total. The van der Waals surface area contributed by atoms with Crippen LogP contribution in [0.15, 0.2) is 22.7 Å². The van der Waals surface area contributed by atoms with E-state index < -0.39 is 0 Å². The van der Waals surface area contributed by atoms with Crippen LogP contribution in [0, 0.1) is 6.92 Å². The minimum atomic E-state index is -0.137. The number of amides is 2. The Kier molecular flexibility index (Phi) is 5.17. The molecule has 1 aliphatic heterocycles. The third kappa shape index (κ3) is 4.07. The molecule has 2 rings (SSSR count). The highest BCUT2D eigenvalue weighted by Crippen LogP contribution is 2.20. The fourth-order valence-corrected chi connectivity index (χ4v) is 2.55. The number of rotatable bonds is 3. The normalized spacial score (nSPS) is 15.9. The number of benzene rings is 1. The van der Waals surface area contributed by atoms with Gasteiger partial charge in [-0.25, -0.2) is 0 Å². The molecule has 1 aromatic rings. The SMILES string of the molecule is Cc1cc(NC(=O)CN2CCCCCC2=O)ccc1Br. The van der Waals surface area contributed by atoms with Crippen molar-refractivity contribution in [2.75, 3.05) is 18.4 Å². The first kappa shape index (κ1) is 15.0. The fourth-order valence-electron chi connectivity index (χ4n) is 2.30. The van der Waals surface area contributed by atoms with Gasteiger partial charge < -0.3 is 10.2 Å². The molecule has 0 aromatic heterocycles. The topological polar surface area (TPSA) is 49.4 Å². The van der Waals surface area contributed by atoms with Gasteiger partial charge in [0.05, 0.1) is 6.54 Å². The Bertz CT molecular complexity index is 517. The number of carbonyl (C=O) groups excluding carboxylic acids is 2. The number of carbonyl (C=O) groups is 2. The Morgan fingerprint density at radius 1 is 1.35 bits per heavy atom. The molecule has 4 nitrogen and oxygen atoms in total. The van der Waals surface area contributed by atoms with E-state index in [4.69, 9.17) is 0 Å². The van der Waals surface area contributed by atoms with Crippen molar-refractivity contribution in [3.63, 3.8) is 0 Å². The van der Waals surface area contributed by atoms with Crippen LogP contribution in [-0.4, -0.2) is 29.8 Å². The van der Waals surface area contributed by atoms with Gasteiger partial charge >= 0.3 is 0 Å². The standard InChI is InChI=1S/C15H19BrN2O2/c1-11-9-12(6-7-13(11)16)17-14(19)10-18-8-4-2-3-5-15(18)20/h6-7,9H,2-5,8,10H2,1H3,(H,17,19). The van der Waals surface area contributed by atoms with Gasteiger partial charge in [-0.2, -0.15) is 0 Å². The largest absolute Gasteiger partial charge is 0.333 e. The van der Waals surface area contributed by atoms with Crippen LogP contribution in [0.5, 0.6) is 0 Å². The first-order valence-corrected chi connectivity index (χ1v) is 7.69. The number of hydrogen-bond acceptors (Lipinski definition) is 2. The van der Waals surface area contributed by atoms with Gasteiger partial charge in [0.15, 0.2) is 0 Å². The summed E-state index contributed by atoms with van der Waals surface area (Å²) in [6.07, 6.45) is 3.54. The molecule has 108 valence electrons. The summed E-state index contributed by atoms with van der Waals surface area (Å²) in [4.78, 5) is 25.5. The summed E-state index contributed by atoms with van der Waals surface area (Å²) in [6, 6.07) is 5.66. The van der Waals surface area contributed by atoms with Crippen molar-refractivity contribution in [1.82, 2.24) is 4.90 Å². The Hall–Kier alpha value is -1.36. The van der Waals surface area contributed by atoms with Crippen molar-refractivity contribution in [3.8, 4) is 0 Å². The molecule has 0 unspecified atom stereocenters. The number of nitrogens with one attached hydrogen (secondary N) is 1. The second-order valence-electron chi connectivity index (χ2n) is 5.14. The lowest BCUT2D eigenvalue weighted by Gasteiger charge is -2.19. The van der Waals surface area contributed by atoms with Gasteiger partial charge in [0, 0.05) is 23.1 Å². The predicted molar refractivity (Wildman–Crippen MR) is 82.6 cm³/mol. The number of hydrogen-bond donors (Lipinski definition) is 1. The van der Waals surface area contributed by atoms with Crippen molar-refractivity contribution >= 4 is 33.4 Å². The number of anilines is 1. The molecule has 1 saturated heterocycles. The second kappa shape index (κ2) is 6.88. The molecule has 0 spiro atoms. The van der Waals surface area contributed by atoms with E-state index in [2.05, 4.69) is 21.2 Å². The van der Waals surface area contributed by atoms with E-state index in [0.717, 1.165) is 35.0 Å². The molecule has 1 aliphatic rings. The Labute approximate surface area is 127 Å². The van der Waals surface area contributed by atoms with Crippen LogP contribution in [0.1, 0.15) is 31.2 Å².